The van der Waals surface area contributed by atoms with Crippen LogP contribution in [0.3, 0.4) is 0 Å². The summed E-state index contributed by atoms with van der Waals surface area (Å²) in [5, 5.41) is 0. The third kappa shape index (κ3) is 2.93. The van der Waals surface area contributed by atoms with Gasteiger partial charge in [-0.15, -0.1) is 11.6 Å². The maximum absolute atomic E-state index is 5.87. The standard InChI is InChI=1S/C12H19ClO4/c13-3-4-14-6-9-7-15-12(16-9)8-1-2-10-11(5-8)17-10/h8-12H,1-7H2/t8-,9+,10+,11-,12-/m1/s1. The molecule has 0 unspecified atom stereocenters. The van der Waals surface area contributed by atoms with Gasteiger partial charge in [-0.1, -0.05) is 0 Å². The highest BCUT2D eigenvalue weighted by atomic mass is 35.5. The van der Waals surface area contributed by atoms with Crippen molar-refractivity contribution in [3.63, 3.8) is 0 Å². The molecule has 98 valence electrons. The van der Waals surface area contributed by atoms with Crippen LogP contribution in [-0.4, -0.2) is 50.3 Å². The number of epoxide rings is 1. The Hall–Kier alpha value is 0.130. The summed E-state index contributed by atoms with van der Waals surface area (Å²) in [5.41, 5.74) is 0. The number of hydrogen-bond acceptors (Lipinski definition) is 4. The average molecular weight is 263 g/mol. The zero-order valence-corrected chi connectivity index (χ0v) is 10.6. The molecule has 1 aliphatic carbocycles. The Labute approximate surface area is 106 Å². The van der Waals surface area contributed by atoms with E-state index in [2.05, 4.69) is 0 Å². The summed E-state index contributed by atoms with van der Waals surface area (Å²) in [7, 11) is 0. The first-order valence-corrected chi connectivity index (χ1v) is 6.96. The number of ether oxygens (including phenoxy) is 4. The Morgan fingerprint density at radius 1 is 1.18 bits per heavy atom. The summed E-state index contributed by atoms with van der Waals surface area (Å²) in [6, 6.07) is 0. The Morgan fingerprint density at radius 2 is 2.12 bits per heavy atom. The molecule has 0 aromatic carbocycles. The SMILES string of the molecule is ClCCOC[C@H]1CO[C@@H]([C@@H]2CC[C@@H]3O[C@@H]3C2)O1. The van der Waals surface area contributed by atoms with Crippen LogP contribution >= 0.6 is 11.6 Å². The molecule has 5 atom stereocenters. The van der Waals surface area contributed by atoms with E-state index in [4.69, 9.17) is 30.5 Å². The summed E-state index contributed by atoms with van der Waals surface area (Å²) in [4.78, 5) is 0. The Morgan fingerprint density at radius 3 is 2.94 bits per heavy atom. The minimum Gasteiger partial charge on any atom is -0.377 e. The van der Waals surface area contributed by atoms with E-state index in [0.717, 1.165) is 19.3 Å². The molecular formula is C12H19ClO4. The van der Waals surface area contributed by atoms with Gasteiger partial charge in [-0.05, 0) is 19.3 Å². The normalized spacial score (nSPS) is 44.6. The van der Waals surface area contributed by atoms with Crippen LogP contribution in [0.15, 0.2) is 0 Å². The lowest BCUT2D eigenvalue weighted by Crippen LogP contribution is -2.28. The zero-order chi connectivity index (χ0) is 11.7. The molecular weight excluding hydrogens is 244 g/mol. The maximum Gasteiger partial charge on any atom is 0.161 e. The van der Waals surface area contributed by atoms with Gasteiger partial charge in [0.25, 0.3) is 0 Å². The first-order chi connectivity index (χ1) is 8.36. The van der Waals surface area contributed by atoms with Crippen LogP contribution in [0.25, 0.3) is 0 Å². The second-order valence-electron chi connectivity index (χ2n) is 5.01. The summed E-state index contributed by atoms with van der Waals surface area (Å²) in [5.74, 6) is 1.02. The van der Waals surface area contributed by atoms with Gasteiger partial charge in [0.2, 0.25) is 0 Å². The van der Waals surface area contributed by atoms with E-state index in [0.29, 0.717) is 43.8 Å². The minimum atomic E-state index is -0.0512. The molecule has 0 aromatic heterocycles. The van der Waals surface area contributed by atoms with Gasteiger partial charge in [-0.25, -0.2) is 0 Å². The number of rotatable bonds is 5. The van der Waals surface area contributed by atoms with Crippen molar-refractivity contribution >= 4 is 11.6 Å². The first-order valence-electron chi connectivity index (χ1n) is 6.43. The average Bonchev–Trinajstić information content (AvgIpc) is 2.98. The quantitative estimate of drug-likeness (QED) is 0.428. The molecule has 4 nitrogen and oxygen atoms in total. The molecule has 0 radical (unpaired) electrons. The van der Waals surface area contributed by atoms with Gasteiger partial charge in [-0.3, -0.25) is 0 Å². The van der Waals surface area contributed by atoms with Crippen LogP contribution in [0, 0.1) is 5.92 Å². The van der Waals surface area contributed by atoms with E-state index in [9.17, 15) is 0 Å². The van der Waals surface area contributed by atoms with Crippen LogP contribution in [0.4, 0.5) is 0 Å². The largest absolute Gasteiger partial charge is 0.377 e. The van der Waals surface area contributed by atoms with Gasteiger partial charge in [-0.2, -0.15) is 0 Å². The van der Waals surface area contributed by atoms with Crippen molar-refractivity contribution in [3.8, 4) is 0 Å². The topological polar surface area (TPSA) is 40.2 Å². The third-order valence-electron chi connectivity index (χ3n) is 3.73. The maximum atomic E-state index is 5.87. The van der Waals surface area contributed by atoms with Gasteiger partial charge in [0, 0.05) is 11.8 Å². The van der Waals surface area contributed by atoms with Crippen molar-refractivity contribution in [3.05, 3.63) is 0 Å². The summed E-state index contributed by atoms with van der Waals surface area (Å²) in [6.45, 7) is 1.80. The van der Waals surface area contributed by atoms with Crippen LogP contribution < -0.4 is 0 Å². The van der Waals surface area contributed by atoms with Gasteiger partial charge >= 0.3 is 0 Å². The van der Waals surface area contributed by atoms with E-state index in [-0.39, 0.29) is 12.4 Å². The Bertz CT molecular complexity index is 263. The second-order valence-corrected chi connectivity index (χ2v) is 5.39. The molecule has 0 amide bonds. The molecule has 3 rings (SSSR count). The minimum absolute atomic E-state index is 0.0512. The molecule has 2 heterocycles. The lowest BCUT2D eigenvalue weighted by Gasteiger charge is -2.24. The molecule has 0 N–H and O–H groups in total. The zero-order valence-electron chi connectivity index (χ0n) is 9.85. The highest BCUT2D eigenvalue weighted by Gasteiger charge is 2.47. The Kier molecular flexibility index (Phi) is 3.87. The fourth-order valence-electron chi connectivity index (χ4n) is 2.76. The van der Waals surface area contributed by atoms with Crippen molar-refractivity contribution < 1.29 is 18.9 Å². The fourth-order valence-corrected chi connectivity index (χ4v) is 2.87. The van der Waals surface area contributed by atoms with Crippen molar-refractivity contribution in [2.75, 3.05) is 25.7 Å². The van der Waals surface area contributed by atoms with Crippen LogP contribution in [-0.2, 0) is 18.9 Å². The lowest BCUT2D eigenvalue weighted by atomic mass is 9.89. The molecule has 2 aliphatic heterocycles. The van der Waals surface area contributed by atoms with Gasteiger partial charge in [0.05, 0.1) is 32.0 Å². The molecule has 5 heteroatoms. The highest BCUT2D eigenvalue weighted by Crippen LogP contribution is 2.42. The molecule has 17 heavy (non-hydrogen) atoms. The molecule has 3 fully saturated rings. The van der Waals surface area contributed by atoms with E-state index < -0.39 is 0 Å². The van der Waals surface area contributed by atoms with Gasteiger partial charge in [0.15, 0.2) is 6.29 Å². The summed E-state index contributed by atoms with van der Waals surface area (Å²) < 4.78 is 22.5. The van der Waals surface area contributed by atoms with E-state index >= 15 is 0 Å². The van der Waals surface area contributed by atoms with Crippen molar-refractivity contribution in [2.45, 2.75) is 43.9 Å². The van der Waals surface area contributed by atoms with Crippen LogP contribution in [0.5, 0.6) is 0 Å². The summed E-state index contributed by atoms with van der Waals surface area (Å²) >= 11 is 5.55. The first kappa shape index (κ1) is 12.2. The van der Waals surface area contributed by atoms with Gasteiger partial charge in [0.1, 0.15) is 6.10 Å². The lowest BCUT2D eigenvalue weighted by molar-refractivity contribution is -0.111. The van der Waals surface area contributed by atoms with E-state index in [1.165, 1.54) is 0 Å². The molecule has 3 aliphatic rings. The number of fused-ring (bicyclic) bond motifs is 1. The number of halogens is 1. The molecule has 0 bridgehead atoms. The van der Waals surface area contributed by atoms with Crippen molar-refractivity contribution in [1.82, 2.24) is 0 Å². The predicted molar refractivity (Wildman–Crippen MR) is 62.2 cm³/mol. The van der Waals surface area contributed by atoms with Crippen LogP contribution in [0.2, 0.25) is 0 Å². The third-order valence-corrected chi connectivity index (χ3v) is 3.88. The molecule has 2 saturated heterocycles. The summed E-state index contributed by atoms with van der Waals surface area (Å²) in [6.07, 6.45) is 4.44. The predicted octanol–water partition coefficient (Wildman–Crippen LogP) is 1.55. The fraction of sp³-hybridized carbons (Fsp3) is 1.00. The van der Waals surface area contributed by atoms with Crippen molar-refractivity contribution in [1.29, 1.82) is 0 Å². The highest BCUT2D eigenvalue weighted by molar-refractivity contribution is 6.17. The monoisotopic (exact) mass is 262 g/mol. The molecule has 0 spiro atoms. The molecule has 0 aromatic rings. The number of alkyl halides is 1. The number of hydrogen-bond donors (Lipinski definition) is 0. The Balaban J connectivity index is 1.40. The second kappa shape index (κ2) is 5.41. The van der Waals surface area contributed by atoms with E-state index in [1.54, 1.807) is 0 Å². The van der Waals surface area contributed by atoms with E-state index in [1.807, 2.05) is 0 Å². The molecule has 1 saturated carbocycles. The van der Waals surface area contributed by atoms with Crippen LogP contribution in [0.1, 0.15) is 19.3 Å². The van der Waals surface area contributed by atoms with Crippen molar-refractivity contribution in [2.24, 2.45) is 5.92 Å². The smallest absolute Gasteiger partial charge is 0.161 e. The van der Waals surface area contributed by atoms with Gasteiger partial charge < -0.3 is 18.9 Å².